The Hall–Kier alpha value is -0.980. The van der Waals surface area contributed by atoms with Crippen molar-refractivity contribution in [1.29, 1.82) is 0 Å². The highest BCUT2D eigenvalue weighted by atomic mass is 79.9. The number of hydrogen-bond acceptors (Lipinski definition) is 4. The highest BCUT2D eigenvalue weighted by Crippen LogP contribution is 2.31. The second-order valence-corrected chi connectivity index (χ2v) is 5.58. The minimum absolute atomic E-state index is 0.0379. The normalized spacial score (nSPS) is 21.8. The number of carbonyl (C=O) groups is 1. The molecule has 0 N–H and O–H groups in total. The zero-order valence-corrected chi connectivity index (χ0v) is 12.1. The van der Waals surface area contributed by atoms with E-state index in [-0.39, 0.29) is 5.91 Å². The predicted octanol–water partition coefficient (Wildman–Crippen LogP) is 1.82. The molecule has 2 fully saturated rings. The predicted molar refractivity (Wildman–Crippen MR) is 71.7 cm³/mol. The maximum absolute atomic E-state index is 12.4. The van der Waals surface area contributed by atoms with Gasteiger partial charge in [-0.1, -0.05) is 0 Å². The summed E-state index contributed by atoms with van der Waals surface area (Å²) in [6.07, 6.45) is 3.11. The lowest BCUT2D eigenvalue weighted by Gasteiger charge is -2.37. The Morgan fingerprint density at radius 2 is 2.00 bits per heavy atom. The highest BCUT2D eigenvalue weighted by molar-refractivity contribution is 9.10. The molecule has 3 rings (SSSR count). The summed E-state index contributed by atoms with van der Waals surface area (Å²) < 4.78 is 12.0. The number of ether oxygens (including phenoxy) is 2. The van der Waals surface area contributed by atoms with Crippen LogP contribution in [0.4, 0.5) is 0 Å². The molecule has 0 atom stereocenters. The summed E-state index contributed by atoms with van der Waals surface area (Å²) in [5.41, 5.74) is 0.658. The maximum Gasteiger partial charge on any atom is 0.254 e. The highest BCUT2D eigenvalue weighted by Gasteiger charge is 2.40. The van der Waals surface area contributed by atoms with E-state index in [0.717, 1.165) is 12.8 Å². The van der Waals surface area contributed by atoms with Crippen LogP contribution in [0.1, 0.15) is 23.2 Å². The number of amides is 1. The van der Waals surface area contributed by atoms with Crippen molar-refractivity contribution in [2.45, 2.75) is 18.6 Å². The SMILES string of the molecule is O=C(c1ccnc(Br)c1)N1CCC2(CC1)OCCO2. The molecule has 5 nitrogen and oxygen atoms in total. The number of nitrogens with zero attached hydrogens (tertiary/aromatic N) is 2. The van der Waals surface area contributed by atoms with E-state index in [2.05, 4.69) is 20.9 Å². The van der Waals surface area contributed by atoms with Gasteiger partial charge in [-0.2, -0.15) is 0 Å². The van der Waals surface area contributed by atoms with Crippen molar-refractivity contribution >= 4 is 21.8 Å². The van der Waals surface area contributed by atoms with Gasteiger partial charge in [0.25, 0.3) is 5.91 Å². The summed E-state index contributed by atoms with van der Waals surface area (Å²) >= 11 is 3.28. The lowest BCUT2D eigenvalue weighted by Crippen LogP contribution is -2.47. The largest absolute Gasteiger partial charge is 0.347 e. The van der Waals surface area contributed by atoms with Gasteiger partial charge in [0.1, 0.15) is 4.60 Å². The van der Waals surface area contributed by atoms with Gasteiger partial charge < -0.3 is 14.4 Å². The van der Waals surface area contributed by atoms with Crippen LogP contribution in [0, 0.1) is 0 Å². The van der Waals surface area contributed by atoms with Crippen LogP contribution >= 0.6 is 15.9 Å². The summed E-state index contributed by atoms with van der Waals surface area (Å²) in [6.45, 7) is 2.65. The Bertz CT molecular complexity index is 479. The van der Waals surface area contributed by atoms with E-state index in [1.165, 1.54) is 0 Å². The van der Waals surface area contributed by atoms with Crippen LogP contribution in [0.5, 0.6) is 0 Å². The minimum atomic E-state index is -0.435. The fourth-order valence-corrected chi connectivity index (χ4v) is 2.92. The first-order valence-electron chi connectivity index (χ1n) is 6.37. The first-order chi connectivity index (χ1) is 9.19. The number of piperidine rings is 1. The topological polar surface area (TPSA) is 51.7 Å². The Balaban J connectivity index is 1.66. The molecular weight excluding hydrogens is 312 g/mol. The van der Waals surface area contributed by atoms with Crippen LogP contribution in [0.15, 0.2) is 22.9 Å². The molecule has 0 unspecified atom stereocenters. The number of rotatable bonds is 1. The molecule has 2 aliphatic rings. The van der Waals surface area contributed by atoms with E-state index in [4.69, 9.17) is 9.47 Å². The minimum Gasteiger partial charge on any atom is -0.347 e. The molecule has 1 amide bonds. The van der Waals surface area contributed by atoms with Gasteiger partial charge >= 0.3 is 0 Å². The van der Waals surface area contributed by atoms with E-state index in [0.29, 0.717) is 36.5 Å². The monoisotopic (exact) mass is 326 g/mol. The lowest BCUT2D eigenvalue weighted by molar-refractivity contribution is -0.181. The second-order valence-electron chi connectivity index (χ2n) is 4.77. The summed E-state index contributed by atoms with van der Waals surface area (Å²) in [5.74, 6) is -0.397. The summed E-state index contributed by atoms with van der Waals surface area (Å²) in [4.78, 5) is 18.2. The third-order valence-corrected chi connectivity index (χ3v) is 4.03. The van der Waals surface area contributed by atoms with Crippen molar-refractivity contribution in [1.82, 2.24) is 9.88 Å². The Kier molecular flexibility index (Phi) is 3.56. The third-order valence-electron chi connectivity index (χ3n) is 3.60. The van der Waals surface area contributed by atoms with Crippen molar-refractivity contribution in [2.75, 3.05) is 26.3 Å². The molecule has 1 aromatic rings. The summed E-state index contributed by atoms with van der Waals surface area (Å²) in [7, 11) is 0. The van der Waals surface area contributed by atoms with E-state index < -0.39 is 5.79 Å². The molecule has 19 heavy (non-hydrogen) atoms. The third kappa shape index (κ3) is 2.66. The van der Waals surface area contributed by atoms with Gasteiger partial charge in [-0.15, -0.1) is 0 Å². The van der Waals surface area contributed by atoms with Crippen molar-refractivity contribution in [2.24, 2.45) is 0 Å². The second kappa shape index (κ2) is 5.19. The number of halogens is 1. The zero-order valence-electron chi connectivity index (χ0n) is 10.5. The molecule has 2 aliphatic heterocycles. The van der Waals surface area contributed by atoms with Crippen LogP contribution in [0.2, 0.25) is 0 Å². The quantitative estimate of drug-likeness (QED) is 0.739. The molecule has 0 aliphatic carbocycles. The van der Waals surface area contributed by atoms with Gasteiger partial charge in [0.15, 0.2) is 5.79 Å². The van der Waals surface area contributed by atoms with Gasteiger partial charge in [-0.3, -0.25) is 4.79 Å². The van der Waals surface area contributed by atoms with E-state index in [9.17, 15) is 4.79 Å². The molecule has 0 bridgehead atoms. The van der Waals surface area contributed by atoms with Crippen LogP contribution in [-0.4, -0.2) is 47.9 Å². The molecule has 0 saturated carbocycles. The molecule has 0 aromatic carbocycles. The number of aromatic nitrogens is 1. The molecule has 0 radical (unpaired) electrons. The number of pyridine rings is 1. The molecular formula is C13H15BrN2O3. The maximum atomic E-state index is 12.4. The van der Waals surface area contributed by atoms with E-state index in [1.807, 2.05) is 4.90 Å². The van der Waals surface area contributed by atoms with Crippen LogP contribution in [-0.2, 0) is 9.47 Å². The van der Waals surface area contributed by atoms with E-state index >= 15 is 0 Å². The van der Waals surface area contributed by atoms with Gasteiger partial charge in [0.2, 0.25) is 0 Å². The fourth-order valence-electron chi connectivity index (χ4n) is 2.55. The van der Waals surface area contributed by atoms with Gasteiger partial charge in [-0.05, 0) is 28.1 Å². The molecule has 2 saturated heterocycles. The molecule has 102 valence electrons. The van der Waals surface area contributed by atoms with Gasteiger partial charge in [0.05, 0.1) is 13.2 Å². The van der Waals surface area contributed by atoms with Crippen molar-refractivity contribution in [3.05, 3.63) is 28.5 Å². The number of likely N-dealkylation sites (tertiary alicyclic amines) is 1. The van der Waals surface area contributed by atoms with Crippen molar-refractivity contribution in [3.8, 4) is 0 Å². The Morgan fingerprint density at radius 3 is 2.63 bits per heavy atom. The van der Waals surface area contributed by atoms with Crippen molar-refractivity contribution < 1.29 is 14.3 Å². The lowest BCUT2D eigenvalue weighted by atomic mass is 10.0. The van der Waals surface area contributed by atoms with E-state index in [1.54, 1.807) is 18.3 Å². The Morgan fingerprint density at radius 1 is 1.32 bits per heavy atom. The molecule has 1 spiro atoms. The van der Waals surface area contributed by atoms with Crippen LogP contribution in [0.25, 0.3) is 0 Å². The Labute approximate surface area is 120 Å². The molecule has 6 heteroatoms. The number of hydrogen-bond donors (Lipinski definition) is 0. The van der Waals surface area contributed by atoms with Crippen LogP contribution < -0.4 is 0 Å². The summed E-state index contributed by atoms with van der Waals surface area (Å²) in [5, 5.41) is 0. The van der Waals surface area contributed by atoms with Gasteiger partial charge in [0, 0.05) is 37.7 Å². The fraction of sp³-hybridized carbons (Fsp3) is 0.538. The smallest absolute Gasteiger partial charge is 0.254 e. The summed E-state index contributed by atoms with van der Waals surface area (Å²) in [6, 6.07) is 3.48. The van der Waals surface area contributed by atoms with Gasteiger partial charge in [-0.25, -0.2) is 4.98 Å². The first kappa shape index (κ1) is 13.0. The average molecular weight is 327 g/mol. The van der Waals surface area contributed by atoms with Crippen LogP contribution in [0.3, 0.4) is 0 Å². The van der Waals surface area contributed by atoms with Crippen molar-refractivity contribution in [3.63, 3.8) is 0 Å². The zero-order chi connectivity index (χ0) is 13.3. The molecule has 1 aromatic heterocycles. The number of carbonyl (C=O) groups excluding carboxylic acids is 1. The molecule has 3 heterocycles. The average Bonchev–Trinajstić information content (AvgIpc) is 2.87. The first-order valence-corrected chi connectivity index (χ1v) is 7.17. The standard InChI is InChI=1S/C13H15BrN2O3/c14-11-9-10(1-4-15-11)12(17)16-5-2-13(3-6-16)18-7-8-19-13/h1,4,9H,2-3,5-8H2.